The van der Waals surface area contributed by atoms with E-state index >= 15 is 0 Å². The van der Waals surface area contributed by atoms with Crippen LogP contribution in [0.25, 0.3) is 0 Å². The second-order valence-electron chi connectivity index (χ2n) is 5.56. The van der Waals surface area contributed by atoms with E-state index in [1.165, 1.54) is 11.8 Å². The van der Waals surface area contributed by atoms with Gasteiger partial charge < -0.3 is 14.7 Å². The van der Waals surface area contributed by atoms with Crippen LogP contribution in [0.5, 0.6) is 0 Å². The predicted molar refractivity (Wildman–Crippen MR) is 91.8 cm³/mol. The molecule has 1 aromatic carbocycles. The van der Waals surface area contributed by atoms with Crippen LogP contribution >= 0.6 is 0 Å². The normalized spacial score (nSPS) is 10.4. The molecule has 1 heterocycles. The molecule has 2 aromatic rings. The van der Waals surface area contributed by atoms with Gasteiger partial charge in [0, 0.05) is 18.2 Å². The van der Waals surface area contributed by atoms with Gasteiger partial charge in [0.15, 0.2) is 5.82 Å². The monoisotopic (exact) mass is 329 g/mol. The number of aromatic nitrogens is 1. The minimum absolute atomic E-state index is 0.0127. The lowest BCUT2D eigenvalue weighted by Crippen LogP contribution is -2.38. The first-order valence-electron chi connectivity index (χ1n) is 8.22. The topological polar surface area (TPSA) is 75.4 Å². The molecule has 0 aliphatic heterocycles. The minimum Gasteiger partial charge on any atom is -0.363 e. The molecule has 1 aromatic heterocycles. The van der Waals surface area contributed by atoms with Crippen molar-refractivity contribution < 1.29 is 14.1 Å². The van der Waals surface area contributed by atoms with Crippen LogP contribution in [0.2, 0.25) is 0 Å². The fourth-order valence-electron chi connectivity index (χ4n) is 2.30. The fourth-order valence-corrected chi connectivity index (χ4v) is 2.30. The van der Waals surface area contributed by atoms with Gasteiger partial charge in [0.05, 0.1) is 0 Å². The van der Waals surface area contributed by atoms with E-state index in [0.29, 0.717) is 17.9 Å². The van der Waals surface area contributed by atoms with Crippen LogP contribution < -0.4 is 5.32 Å². The molecule has 0 atom stereocenters. The van der Waals surface area contributed by atoms with E-state index in [2.05, 4.69) is 21.9 Å². The molecule has 0 fully saturated rings. The summed E-state index contributed by atoms with van der Waals surface area (Å²) < 4.78 is 4.68. The number of unbranched alkanes of at least 4 members (excludes halogenated alkanes) is 1. The maximum absolute atomic E-state index is 12.7. The highest BCUT2D eigenvalue weighted by molar-refractivity contribution is 5.99. The molecular weight excluding hydrogens is 306 g/mol. The third-order valence-corrected chi connectivity index (χ3v) is 3.72. The lowest BCUT2D eigenvalue weighted by Gasteiger charge is -2.22. The zero-order valence-electron chi connectivity index (χ0n) is 14.1. The number of benzene rings is 1. The number of amides is 2. The number of nitrogens with one attached hydrogen (secondary N) is 1. The molecule has 0 unspecified atom stereocenters. The van der Waals surface area contributed by atoms with Crippen molar-refractivity contribution in [2.45, 2.75) is 33.1 Å². The Kier molecular flexibility index (Phi) is 6.54. The van der Waals surface area contributed by atoms with Gasteiger partial charge in [0.1, 0.15) is 12.8 Å². The first-order valence-corrected chi connectivity index (χ1v) is 8.22. The van der Waals surface area contributed by atoms with Crippen LogP contribution in [0.4, 0.5) is 5.82 Å². The van der Waals surface area contributed by atoms with Crippen molar-refractivity contribution in [3.05, 3.63) is 47.7 Å². The average molecular weight is 329 g/mol. The summed E-state index contributed by atoms with van der Waals surface area (Å²) in [6.07, 6.45) is 4.10. The maximum atomic E-state index is 12.7. The smallest absolute Gasteiger partial charge is 0.254 e. The molecule has 128 valence electrons. The Hall–Kier alpha value is -2.63. The lowest BCUT2D eigenvalue weighted by molar-refractivity contribution is -0.116. The number of carbonyl (C=O) groups excluding carboxylic acids is 2. The molecule has 0 bridgehead atoms. The van der Waals surface area contributed by atoms with E-state index in [4.69, 9.17) is 0 Å². The summed E-state index contributed by atoms with van der Waals surface area (Å²) in [5.74, 6) is -0.0878. The number of hydrogen-bond acceptors (Lipinski definition) is 4. The Morgan fingerprint density at radius 3 is 2.50 bits per heavy atom. The van der Waals surface area contributed by atoms with Crippen molar-refractivity contribution in [1.29, 1.82) is 0 Å². The van der Waals surface area contributed by atoms with Crippen LogP contribution in [0.15, 0.2) is 41.1 Å². The molecule has 0 aliphatic rings. The first-order chi connectivity index (χ1) is 11.6. The Morgan fingerprint density at radius 1 is 1.17 bits per heavy atom. The zero-order chi connectivity index (χ0) is 17.4. The molecule has 0 radical (unpaired) electrons. The van der Waals surface area contributed by atoms with Crippen molar-refractivity contribution in [3.8, 4) is 0 Å². The van der Waals surface area contributed by atoms with Crippen molar-refractivity contribution in [1.82, 2.24) is 10.1 Å². The zero-order valence-corrected chi connectivity index (χ0v) is 14.1. The first kappa shape index (κ1) is 17.7. The van der Waals surface area contributed by atoms with Gasteiger partial charge in [-0.3, -0.25) is 9.59 Å². The summed E-state index contributed by atoms with van der Waals surface area (Å²) in [6.45, 7) is 4.64. The van der Waals surface area contributed by atoms with Gasteiger partial charge in [-0.05, 0) is 30.5 Å². The summed E-state index contributed by atoms with van der Waals surface area (Å²) >= 11 is 0. The van der Waals surface area contributed by atoms with Crippen LogP contribution in [0.3, 0.4) is 0 Å². The molecule has 0 spiro atoms. The molecule has 2 amide bonds. The Labute approximate surface area is 141 Å². The van der Waals surface area contributed by atoms with E-state index in [0.717, 1.165) is 19.3 Å². The molecule has 0 saturated carbocycles. The average Bonchev–Trinajstić information content (AvgIpc) is 3.11. The molecule has 24 heavy (non-hydrogen) atoms. The molecule has 6 nitrogen and oxygen atoms in total. The molecule has 0 saturated heterocycles. The summed E-state index contributed by atoms with van der Waals surface area (Å²) in [5.41, 5.74) is 1.77. The molecule has 1 N–H and O–H groups in total. The van der Waals surface area contributed by atoms with E-state index in [-0.39, 0.29) is 18.4 Å². The van der Waals surface area contributed by atoms with Gasteiger partial charge in [-0.2, -0.15) is 0 Å². The van der Waals surface area contributed by atoms with Crippen LogP contribution in [0.1, 0.15) is 42.6 Å². The van der Waals surface area contributed by atoms with E-state index in [1.54, 1.807) is 11.0 Å². The SMILES string of the molecule is CCCCN(CC(=O)Nc1ccon1)C(=O)c1ccc(CC)cc1. The third-order valence-electron chi connectivity index (χ3n) is 3.72. The number of carbonyl (C=O) groups is 2. The van der Waals surface area contributed by atoms with E-state index in [9.17, 15) is 9.59 Å². The highest BCUT2D eigenvalue weighted by Gasteiger charge is 2.19. The number of aryl methyl sites for hydroxylation is 1. The van der Waals surface area contributed by atoms with Crippen LogP contribution in [-0.4, -0.2) is 35.0 Å². The minimum atomic E-state index is -0.293. The van der Waals surface area contributed by atoms with Gasteiger partial charge in [-0.1, -0.05) is 37.6 Å². The standard InChI is InChI=1S/C18H23N3O3/c1-3-5-11-21(13-17(22)19-16-10-12-24-20-16)18(23)15-8-6-14(4-2)7-9-15/h6-10,12H,3-5,11,13H2,1-2H3,(H,19,20,22). The molecule has 0 aliphatic carbocycles. The summed E-state index contributed by atoms with van der Waals surface area (Å²) in [7, 11) is 0. The second kappa shape index (κ2) is 8.86. The number of hydrogen-bond donors (Lipinski definition) is 1. The Balaban J connectivity index is 2.05. The van der Waals surface area contributed by atoms with Gasteiger partial charge in [-0.15, -0.1) is 0 Å². The van der Waals surface area contributed by atoms with E-state index in [1.807, 2.05) is 31.2 Å². The van der Waals surface area contributed by atoms with Crippen molar-refractivity contribution in [2.24, 2.45) is 0 Å². The number of anilines is 1. The Morgan fingerprint density at radius 2 is 1.92 bits per heavy atom. The summed E-state index contributed by atoms with van der Waals surface area (Å²) in [4.78, 5) is 26.4. The van der Waals surface area contributed by atoms with Crippen LogP contribution in [-0.2, 0) is 11.2 Å². The van der Waals surface area contributed by atoms with E-state index < -0.39 is 0 Å². The predicted octanol–water partition coefficient (Wildman–Crippen LogP) is 3.12. The number of rotatable bonds is 8. The van der Waals surface area contributed by atoms with Crippen molar-refractivity contribution in [2.75, 3.05) is 18.4 Å². The van der Waals surface area contributed by atoms with Crippen molar-refractivity contribution in [3.63, 3.8) is 0 Å². The second-order valence-corrected chi connectivity index (χ2v) is 5.56. The van der Waals surface area contributed by atoms with Gasteiger partial charge in [-0.25, -0.2) is 0 Å². The molecule has 2 rings (SSSR count). The Bertz CT molecular complexity index is 651. The largest absolute Gasteiger partial charge is 0.363 e. The highest BCUT2D eigenvalue weighted by Crippen LogP contribution is 2.10. The molecular formula is C18H23N3O3. The summed E-state index contributed by atoms with van der Waals surface area (Å²) in [6, 6.07) is 9.08. The van der Waals surface area contributed by atoms with Crippen LogP contribution in [0, 0.1) is 0 Å². The van der Waals surface area contributed by atoms with Crippen molar-refractivity contribution >= 4 is 17.6 Å². The number of nitrogens with zero attached hydrogens (tertiary/aromatic N) is 2. The quantitative estimate of drug-likeness (QED) is 0.807. The maximum Gasteiger partial charge on any atom is 0.254 e. The fraction of sp³-hybridized carbons (Fsp3) is 0.389. The van der Waals surface area contributed by atoms with Gasteiger partial charge >= 0.3 is 0 Å². The lowest BCUT2D eigenvalue weighted by atomic mass is 10.1. The highest BCUT2D eigenvalue weighted by atomic mass is 16.5. The molecule has 6 heteroatoms. The third kappa shape index (κ3) is 4.94. The van der Waals surface area contributed by atoms with Gasteiger partial charge in [0.2, 0.25) is 5.91 Å². The van der Waals surface area contributed by atoms with Gasteiger partial charge in [0.25, 0.3) is 5.91 Å². The summed E-state index contributed by atoms with van der Waals surface area (Å²) in [5, 5.41) is 6.25.